The monoisotopic (exact) mass is 455 g/mol. The molecule has 0 unspecified atom stereocenters. The summed E-state index contributed by atoms with van der Waals surface area (Å²) < 4.78 is 1.92. The number of nitrogens with zero attached hydrogens (tertiary/aromatic N) is 3. The van der Waals surface area contributed by atoms with Crippen molar-refractivity contribution in [3.63, 3.8) is 0 Å². The second kappa shape index (κ2) is 8.42. The Hall–Kier alpha value is -2.88. The number of nitriles is 1. The Morgan fingerprint density at radius 2 is 2.00 bits per heavy atom. The van der Waals surface area contributed by atoms with Gasteiger partial charge in [-0.25, -0.2) is 0 Å². The summed E-state index contributed by atoms with van der Waals surface area (Å²) in [6, 6.07) is 16.4. The molecule has 5 nitrogen and oxygen atoms in total. The predicted molar refractivity (Wildman–Crippen MR) is 114 cm³/mol. The maximum atomic E-state index is 12.7. The highest BCUT2D eigenvalue weighted by Crippen LogP contribution is 2.28. The molecule has 2 aromatic carbocycles. The van der Waals surface area contributed by atoms with Gasteiger partial charge in [-0.3, -0.25) is 14.4 Å². The number of benzene rings is 2. The van der Waals surface area contributed by atoms with Crippen LogP contribution in [0.5, 0.6) is 5.88 Å². The number of aliphatic imine (C=N–C) groups is 1. The Kier molecular flexibility index (Phi) is 5.98. The van der Waals surface area contributed by atoms with Crippen molar-refractivity contribution in [2.75, 3.05) is 0 Å². The summed E-state index contributed by atoms with van der Waals surface area (Å²) in [7, 11) is 0. The number of aromatic nitrogens is 1. The molecule has 7 heteroatoms. The van der Waals surface area contributed by atoms with E-state index in [4.69, 9.17) is 11.6 Å². The molecule has 1 heterocycles. The molecule has 0 aliphatic carbocycles. The van der Waals surface area contributed by atoms with Gasteiger partial charge in [0.15, 0.2) is 0 Å². The summed E-state index contributed by atoms with van der Waals surface area (Å²) in [6.07, 6.45) is 1.44. The third-order valence-corrected chi connectivity index (χ3v) is 5.51. The van der Waals surface area contributed by atoms with E-state index in [-0.39, 0.29) is 18.0 Å². The first-order valence-corrected chi connectivity index (χ1v) is 9.49. The van der Waals surface area contributed by atoms with Crippen LogP contribution in [0.2, 0.25) is 5.02 Å². The van der Waals surface area contributed by atoms with Gasteiger partial charge in [0.25, 0.3) is 5.56 Å². The average molecular weight is 457 g/mol. The lowest BCUT2D eigenvalue weighted by Crippen LogP contribution is -2.25. The number of aromatic hydroxyl groups is 1. The number of rotatable bonds is 4. The van der Waals surface area contributed by atoms with Crippen LogP contribution in [0.4, 0.5) is 5.69 Å². The molecule has 1 N–H and O–H groups in total. The highest BCUT2D eigenvalue weighted by Gasteiger charge is 2.18. The van der Waals surface area contributed by atoms with E-state index in [0.717, 1.165) is 10.0 Å². The van der Waals surface area contributed by atoms with E-state index in [1.807, 2.05) is 36.4 Å². The van der Waals surface area contributed by atoms with Gasteiger partial charge in [-0.2, -0.15) is 5.26 Å². The quantitative estimate of drug-likeness (QED) is 0.564. The number of hydrogen-bond acceptors (Lipinski definition) is 4. The molecular formula is C21H15BrClN3O2. The summed E-state index contributed by atoms with van der Waals surface area (Å²) >= 11 is 9.40. The summed E-state index contributed by atoms with van der Waals surface area (Å²) in [5.74, 6) is -0.239. The first-order chi connectivity index (χ1) is 13.4. The second-order valence-electron chi connectivity index (χ2n) is 6.08. The molecule has 0 saturated carbocycles. The van der Waals surface area contributed by atoms with E-state index in [1.54, 1.807) is 25.1 Å². The SMILES string of the molecule is Cc1c(C=Nc2ccc(Br)c(Cl)c2)c(O)n(Cc2ccccc2)c(=O)c1C#N. The minimum Gasteiger partial charge on any atom is -0.494 e. The molecule has 1 aromatic heterocycles. The highest BCUT2D eigenvalue weighted by molar-refractivity contribution is 9.10. The summed E-state index contributed by atoms with van der Waals surface area (Å²) in [4.78, 5) is 17.0. The molecule has 0 atom stereocenters. The Morgan fingerprint density at radius 3 is 2.64 bits per heavy atom. The molecule has 0 aliphatic heterocycles. The van der Waals surface area contributed by atoms with Crippen molar-refractivity contribution >= 4 is 39.4 Å². The van der Waals surface area contributed by atoms with Crippen molar-refractivity contribution in [1.29, 1.82) is 5.26 Å². The van der Waals surface area contributed by atoms with Crippen molar-refractivity contribution in [3.8, 4) is 11.9 Å². The lowest BCUT2D eigenvalue weighted by molar-refractivity contribution is 0.413. The van der Waals surface area contributed by atoms with E-state index >= 15 is 0 Å². The smallest absolute Gasteiger partial charge is 0.271 e. The van der Waals surface area contributed by atoms with Crippen molar-refractivity contribution in [1.82, 2.24) is 4.57 Å². The molecule has 140 valence electrons. The maximum Gasteiger partial charge on any atom is 0.271 e. The van der Waals surface area contributed by atoms with E-state index in [0.29, 0.717) is 21.8 Å². The first kappa shape index (κ1) is 19.9. The predicted octanol–water partition coefficient (Wildman–Crippen LogP) is 4.95. The average Bonchev–Trinajstić information content (AvgIpc) is 2.69. The highest BCUT2D eigenvalue weighted by atomic mass is 79.9. The van der Waals surface area contributed by atoms with Gasteiger partial charge in [0.2, 0.25) is 5.88 Å². The third kappa shape index (κ3) is 4.01. The molecule has 3 aromatic rings. The van der Waals surface area contributed by atoms with Gasteiger partial charge < -0.3 is 5.11 Å². The number of pyridine rings is 1. The van der Waals surface area contributed by atoms with E-state index in [1.165, 1.54) is 10.8 Å². The van der Waals surface area contributed by atoms with Crippen LogP contribution in [-0.2, 0) is 6.54 Å². The Morgan fingerprint density at radius 1 is 1.29 bits per heavy atom. The molecule has 0 radical (unpaired) electrons. The summed E-state index contributed by atoms with van der Waals surface area (Å²) in [5, 5.41) is 20.7. The third-order valence-electron chi connectivity index (χ3n) is 4.28. The zero-order valence-corrected chi connectivity index (χ0v) is 17.2. The van der Waals surface area contributed by atoms with E-state index in [2.05, 4.69) is 20.9 Å². The molecule has 0 spiro atoms. The zero-order valence-electron chi connectivity index (χ0n) is 14.9. The lowest BCUT2D eigenvalue weighted by atomic mass is 10.1. The van der Waals surface area contributed by atoms with E-state index < -0.39 is 5.56 Å². The maximum absolute atomic E-state index is 12.7. The topological polar surface area (TPSA) is 78.4 Å². The molecule has 0 amide bonds. The molecule has 0 saturated heterocycles. The molecule has 0 bridgehead atoms. The van der Waals surface area contributed by atoms with Crippen LogP contribution in [0.1, 0.15) is 22.3 Å². The molecule has 28 heavy (non-hydrogen) atoms. The lowest BCUT2D eigenvalue weighted by Gasteiger charge is -2.14. The Bertz CT molecular complexity index is 1160. The largest absolute Gasteiger partial charge is 0.494 e. The molecule has 0 fully saturated rings. The normalized spacial score (nSPS) is 10.9. The van der Waals surface area contributed by atoms with Gasteiger partial charge >= 0.3 is 0 Å². The molecular weight excluding hydrogens is 442 g/mol. The first-order valence-electron chi connectivity index (χ1n) is 8.32. The van der Waals surface area contributed by atoms with Crippen molar-refractivity contribution in [2.24, 2.45) is 4.99 Å². The fourth-order valence-electron chi connectivity index (χ4n) is 2.74. The van der Waals surface area contributed by atoms with Crippen molar-refractivity contribution in [2.45, 2.75) is 13.5 Å². The van der Waals surface area contributed by atoms with Crippen LogP contribution in [-0.4, -0.2) is 15.9 Å². The minimum atomic E-state index is -0.537. The fraction of sp³-hybridized carbons (Fsp3) is 0.0952. The minimum absolute atomic E-state index is 0.0241. The van der Waals surface area contributed by atoms with Gasteiger partial charge in [0.05, 0.1) is 22.8 Å². The van der Waals surface area contributed by atoms with Gasteiger partial charge in [0, 0.05) is 10.7 Å². The fourth-order valence-corrected chi connectivity index (χ4v) is 3.16. The van der Waals surface area contributed by atoms with E-state index in [9.17, 15) is 15.2 Å². The van der Waals surface area contributed by atoms with Crippen molar-refractivity contribution < 1.29 is 5.11 Å². The number of hydrogen-bond donors (Lipinski definition) is 1. The molecule has 0 aliphatic rings. The number of halogens is 2. The second-order valence-corrected chi connectivity index (χ2v) is 7.34. The zero-order chi connectivity index (χ0) is 20.3. The van der Waals surface area contributed by atoms with Crippen LogP contribution in [0.3, 0.4) is 0 Å². The summed E-state index contributed by atoms with van der Waals surface area (Å²) in [6.45, 7) is 1.76. The van der Waals surface area contributed by atoms with Crippen LogP contribution in [0.15, 0.2) is 62.8 Å². The van der Waals surface area contributed by atoms with Gasteiger partial charge in [-0.1, -0.05) is 41.9 Å². The molecule has 3 rings (SSSR count). The van der Waals surface area contributed by atoms with Gasteiger partial charge in [-0.15, -0.1) is 0 Å². The van der Waals surface area contributed by atoms with Crippen LogP contribution >= 0.6 is 27.5 Å². The van der Waals surface area contributed by atoms with Crippen LogP contribution in [0, 0.1) is 18.3 Å². The Labute approximate surface area is 175 Å². The Balaban J connectivity index is 2.11. The van der Waals surface area contributed by atoms with Crippen molar-refractivity contribution in [3.05, 3.63) is 90.6 Å². The van der Waals surface area contributed by atoms with Crippen LogP contribution in [0.25, 0.3) is 0 Å². The van der Waals surface area contributed by atoms with Crippen LogP contribution < -0.4 is 5.56 Å². The van der Waals surface area contributed by atoms with Gasteiger partial charge in [-0.05, 0) is 52.2 Å². The summed E-state index contributed by atoms with van der Waals surface area (Å²) in [5.41, 5.74) is 1.53. The standard InChI is InChI=1S/C21H15BrClN3O2/c1-13-16(10-24)20(27)26(12-14-5-3-2-4-6-14)21(28)17(13)11-25-15-7-8-18(22)19(23)9-15/h2-9,11,28H,12H2,1H3. The van der Waals surface area contributed by atoms with Gasteiger partial charge in [0.1, 0.15) is 11.6 Å².